The second-order valence-electron chi connectivity index (χ2n) is 6.81. The van der Waals surface area contributed by atoms with E-state index in [9.17, 15) is 14.4 Å². The molecule has 1 aliphatic rings. The van der Waals surface area contributed by atoms with E-state index in [0.29, 0.717) is 22.3 Å². The Labute approximate surface area is 192 Å². The van der Waals surface area contributed by atoms with Crippen LogP contribution in [-0.2, 0) is 25.7 Å². The highest BCUT2D eigenvalue weighted by Gasteiger charge is 2.39. The zero-order valence-corrected chi connectivity index (χ0v) is 18.9. The molecule has 3 aromatic rings. The third-order valence-corrected chi connectivity index (χ3v) is 7.07. The number of carbonyl (C=O) groups is 2. The summed E-state index contributed by atoms with van der Waals surface area (Å²) in [6, 6.07) is 17.0. The average molecular weight is 470 g/mol. The highest BCUT2D eigenvalue weighted by Crippen LogP contribution is 2.48. The summed E-state index contributed by atoms with van der Waals surface area (Å²) in [6.07, 6.45) is 0. The standard InChI is InChI=1S/C23H19NO6S2/c1-28-21(25)17-16(18-20(24-23(27)32-18)31-19(17)22(26)29-2)14-8-10-15(11-9-14)30-12-13-6-4-3-5-7-13/h3-11,16H,12H2,1-2H3,(H,24,27). The molecule has 1 atom stereocenters. The van der Waals surface area contributed by atoms with Crippen molar-refractivity contribution in [2.24, 2.45) is 0 Å². The molecular weight excluding hydrogens is 450 g/mol. The van der Waals surface area contributed by atoms with E-state index in [4.69, 9.17) is 14.2 Å². The van der Waals surface area contributed by atoms with Crippen molar-refractivity contribution < 1.29 is 23.8 Å². The molecule has 0 bridgehead atoms. The van der Waals surface area contributed by atoms with Gasteiger partial charge in [-0.15, -0.1) is 0 Å². The molecule has 0 radical (unpaired) electrons. The molecule has 1 N–H and O–H groups in total. The van der Waals surface area contributed by atoms with Crippen LogP contribution in [0.3, 0.4) is 0 Å². The van der Waals surface area contributed by atoms with Crippen molar-refractivity contribution in [1.82, 2.24) is 4.98 Å². The number of esters is 2. The monoisotopic (exact) mass is 469 g/mol. The summed E-state index contributed by atoms with van der Waals surface area (Å²) in [5, 5.41) is 0.516. The quantitative estimate of drug-likeness (QED) is 0.548. The number of fused-ring (bicyclic) bond motifs is 1. The number of rotatable bonds is 6. The molecule has 0 spiro atoms. The van der Waals surface area contributed by atoms with Gasteiger partial charge in [0, 0.05) is 0 Å². The highest BCUT2D eigenvalue weighted by molar-refractivity contribution is 8.04. The number of thioether (sulfide) groups is 1. The second-order valence-corrected chi connectivity index (χ2v) is 8.85. The van der Waals surface area contributed by atoms with Gasteiger partial charge >= 0.3 is 16.8 Å². The van der Waals surface area contributed by atoms with Crippen LogP contribution >= 0.6 is 23.1 Å². The minimum absolute atomic E-state index is 0.0929. The molecule has 1 aliphatic heterocycles. The molecule has 0 saturated heterocycles. The predicted octanol–water partition coefficient (Wildman–Crippen LogP) is 3.85. The van der Waals surface area contributed by atoms with E-state index < -0.39 is 17.9 Å². The molecule has 9 heteroatoms. The summed E-state index contributed by atoms with van der Waals surface area (Å²) >= 11 is 2.00. The first-order chi connectivity index (χ1) is 15.5. The lowest BCUT2D eigenvalue weighted by Crippen LogP contribution is -2.22. The van der Waals surface area contributed by atoms with E-state index >= 15 is 0 Å². The highest BCUT2D eigenvalue weighted by atomic mass is 32.2. The van der Waals surface area contributed by atoms with E-state index in [1.165, 1.54) is 14.2 Å². The molecule has 0 aliphatic carbocycles. The lowest BCUT2D eigenvalue weighted by atomic mass is 9.89. The molecule has 1 unspecified atom stereocenters. The number of benzene rings is 2. The van der Waals surface area contributed by atoms with Gasteiger partial charge in [-0.05, 0) is 23.3 Å². The Bertz CT molecular complexity index is 1230. The van der Waals surface area contributed by atoms with Gasteiger partial charge < -0.3 is 19.2 Å². The van der Waals surface area contributed by atoms with Crippen molar-refractivity contribution in [3.63, 3.8) is 0 Å². The number of methoxy groups -OCH3 is 2. The summed E-state index contributed by atoms with van der Waals surface area (Å²) in [6.45, 7) is 0.420. The fourth-order valence-electron chi connectivity index (χ4n) is 3.39. The van der Waals surface area contributed by atoms with Crippen molar-refractivity contribution in [3.05, 3.63) is 90.7 Å². The van der Waals surface area contributed by atoms with Crippen LogP contribution in [0.2, 0.25) is 0 Å². The van der Waals surface area contributed by atoms with E-state index in [1.807, 2.05) is 42.5 Å². The first kappa shape index (κ1) is 21.9. The minimum Gasteiger partial charge on any atom is -0.489 e. The summed E-state index contributed by atoms with van der Waals surface area (Å²) in [4.78, 5) is 40.4. The zero-order valence-electron chi connectivity index (χ0n) is 17.2. The number of H-pyrrole nitrogens is 1. The third kappa shape index (κ3) is 4.35. The van der Waals surface area contributed by atoms with Crippen LogP contribution in [0.4, 0.5) is 0 Å². The fraction of sp³-hybridized carbons (Fsp3) is 0.174. The van der Waals surface area contributed by atoms with Gasteiger partial charge in [0.1, 0.15) is 17.3 Å². The molecule has 164 valence electrons. The number of ether oxygens (including phenoxy) is 3. The average Bonchev–Trinajstić information content (AvgIpc) is 3.21. The minimum atomic E-state index is -0.666. The number of hydrogen-bond donors (Lipinski definition) is 1. The SMILES string of the molecule is COC(=O)C1=C(C(=O)OC)C(c2ccc(OCc3ccccc3)cc2)c2sc(=O)[nH]c2S1. The third-order valence-electron chi connectivity index (χ3n) is 4.88. The molecule has 4 rings (SSSR count). The van der Waals surface area contributed by atoms with Gasteiger partial charge in [0.25, 0.3) is 0 Å². The maximum Gasteiger partial charge on any atom is 0.345 e. The zero-order chi connectivity index (χ0) is 22.7. The van der Waals surface area contributed by atoms with E-state index in [1.54, 1.807) is 12.1 Å². The van der Waals surface area contributed by atoms with Crippen molar-refractivity contribution in [3.8, 4) is 5.75 Å². The van der Waals surface area contributed by atoms with Crippen LogP contribution in [0.1, 0.15) is 21.9 Å². The summed E-state index contributed by atoms with van der Waals surface area (Å²) in [5.74, 6) is -1.32. The molecule has 2 heterocycles. The number of thiazole rings is 1. The molecule has 2 aromatic carbocycles. The van der Waals surface area contributed by atoms with Crippen LogP contribution in [-0.4, -0.2) is 31.1 Å². The lowest BCUT2D eigenvalue weighted by molar-refractivity contribution is -0.139. The molecule has 1 aromatic heterocycles. The molecule has 0 amide bonds. The van der Waals surface area contributed by atoms with Crippen molar-refractivity contribution in [1.29, 1.82) is 0 Å². The van der Waals surface area contributed by atoms with Gasteiger partial charge in [-0.1, -0.05) is 65.6 Å². The summed E-state index contributed by atoms with van der Waals surface area (Å²) < 4.78 is 15.7. The normalized spacial score (nSPS) is 15.1. The van der Waals surface area contributed by atoms with E-state index in [-0.39, 0.29) is 15.4 Å². The molecule has 32 heavy (non-hydrogen) atoms. The number of aromatic amines is 1. The molecule has 7 nitrogen and oxygen atoms in total. The topological polar surface area (TPSA) is 94.7 Å². The van der Waals surface area contributed by atoms with Crippen molar-refractivity contribution >= 4 is 35.0 Å². The number of carbonyl (C=O) groups excluding carboxylic acids is 2. The van der Waals surface area contributed by atoms with Crippen LogP contribution in [0, 0.1) is 0 Å². The van der Waals surface area contributed by atoms with Crippen molar-refractivity contribution in [2.45, 2.75) is 17.6 Å². The van der Waals surface area contributed by atoms with Crippen LogP contribution < -0.4 is 9.61 Å². The van der Waals surface area contributed by atoms with E-state index in [0.717, 1.165) is 34.2 Å². The smallest absolute Gasteiger partial charge is 0.345 e. The van der Waals surface area contributed by atoms with Gasteiger partial charge in [-0.25, -0.2) is 9.59 Å². The van der Waals surface area contributed by atoms with Gasteiger partial charge in [0.05, 0.1) is 35.6 Å². The van der Waals surface area contributed by atoms with Crippen LogP contribution in [0.15, 0.2) is 74.9 Å². The molecular formula is C23H19NO6S2. The van der Waals surface area contributed by atoms with Crippen LogP contribution in [0.5, 0.6) is 5.75 Å². The molecule has 0 fully saturated rings. The Kier molecular flexibility index (Phi) is 6.48. The Morgan fingerprint density at radius 1 is 0.969 bits per heavy atom. The maximum absolute atomic E-state index is 12.7. The van der Waals surface area contributed by atoms with Gasteiger partial charge in [-0.2, -0.15) is 0 Å². The largest absolute Gasteiger partial charge is 0.489 e. The van der Waals surface area contributed by atoms with Gasteiger partial charge in [0.15, 0.2) is 0 Å². The van der Waals surface area contributed by atoms with E-state index in [2.05, 4.69) is 4.98 Å². The maximum atomic E-state index is 12.7. The first-order valence-electron chi connectivity index (χ1n) is 9.60. The predicted molar refractivity (Wildman–Crippen MR) is 121 cm³/mol. The Morgan fingerprint density at radius 3 is 2.31 bits per heavy atom. The first-order valence-corrected chi connectivity index (χ1v) is 11.2. The number of aromatic nitrogens is 1. The van der Waals surface area contributed by atoms with Crippen LogP contribution in [0.25, 0.3) is 0 Å². The Hall–Kier alpha value is -3.30. The second kappa shape index (κ2) is 9.46. The number of nitrogens with one attached hydrogen (secondary N) is 1. The van der Waals surface area contributed by atoms with Crippen molar-refractivity contribution in [2.75, 3.05) is 14.2 Å². The summed E-state index contributed by atoms with van der Waals surface area (Å²) in [7, 11) is 2.49. The molecule has 0 saturated carbocycles. The Morgan fingerprint density at radius 2 is 1.66 bits per heavy atom. The Balaban J connectivity index is 1.71. The number of hydrogen-bond acceptors (Lipinski definition) is 8. The van der Waals surface area contributed by atoms with Gasteiger partial charge in [0.2, 0.25) is 0 Å². The van der Waals surface area contributed by atoms with Gasteiger partial charge in [-0.3, -0.25) is 4.79 Å². The lowest BCUT2D eigenvalue weighted by Gasteiger charge is -2.25. The fourth-order valence-corrected chi connectivity index (χ4v) is 5.62. The summed E-state index contributed by atoms with van der Waals surface area (Å²) in [5.41, 5.74) is 1.90.